The second-order valence-corrected chi connectivity index (χ2v) is 11.5. The van der Waals surface area contributed by atoms with Crippen LogP contribution in [0.25, 0.3) is 0 Å². The van der Waals surface area contributed by atoms with E-state index in [1.54, 1.807) is 24.0 Å². The van der Waals surface area contributed by atoms with Gasteiger partial charge in [0.1, 0.15) is 12.4 Å². The monoisotopic (exact) mass is 481 g/mol. The van der Waals surface area contributed by atoms with Crippen molar-refractivity contribution in [3.63, 3.8) is 0 Å². The summed E-state index contributed by atoms with van der Waals surface area (Å²) in [5.41, 5.74) is 1.45. The zero-order chi connectivity index (χ0) is 23.5. The fraction of sp³-hybridized carbons (Fsp3) is 0.381. The maximum absolute atomic E-state index is 12.6. The van der Waals surface area contributed by atoms with E-state index in [0.29, 0.717) is 24.3 Å². The predicted molar refractivity (Wildman–Crippen MR) is 121 cm³/mol. The van der Waals surface area contributed by atoms with Gasteiger partial charge in [0.05, 0.1) is 9.79 Å². The molecule has 1 amide bonds. The molecule has 0 saturated carbocycles. The number of hydrogen-bond acceptors (Lipinski definition) is 6. The second-order valence-electron chi connectivity index (χ2n) is 7.60. The highest BCUT2D eigenvalue weighted by atomic mass is 32.2. The molecule has 1 N–H and O–H groups in total. The number of anilines is 1. The lowest BCUT2D eigenvalue weighted by atomic mass is 10.2. The van der Waals surface area contributed by atoms with Gasteiger partial charge >= 0.3 is 0 Å². The topological polar surface area (TPSA) is 113 Å². The summed E-state index contributed by atoms with van der Waals surface area (Å²) in [5, 5.41) is 0. The highest BCUT2D eigenvalue weighted by Crippen LogP contribution is 2.27. The van der Waals surface area contributed by atoms with Gasteiger partial charge in [0.2, 0.25) is 26.0 Å². The van der Waals surface area contributed by atoms with Crippen LogP contribution in [0.1, 0.15) is 18.4 Å². The number of nitrogens with zero attached hydrogens (tertiary/aromatic N) is 2. The third kappa shape index (κ3) is 5.29. The average molecular weight is 482 g/mol. The number of aryl methyl sites for hydroxylation is 1. The molecule has 0 unspecified atom stereocenters. The van der Waals surface area contributed by atoms with Crippen molar-refractivity contribution in [1.82, 2.24) is 9.03 Å². The van der Waals surface area contributed by atoms with Crippen LogP contribution in [-0.4, -0.2) is 60.8 Å². The third-order valence-electron chi connectivity index (χ3n) is 5.11. The van der Waals surface area contributed by atoms with Crippen LogP contribution >= 0.6 is 0 Å². The lowest BCUT2D eigenvalue weighted by Crippen LogP contribution is -2.29. The molecule has 1 saturated heterocycles. The first-order chi connectivity index (χ1) is 15.0. The summed E-state index contributed by atoms with van der Waals surface area (Å²) in [6, 6.07) is 10.6. The molecule has 0 aliphatic carbocycles. The van der Waals surface area contributed by atoms with Crippen molar-refractivity contribution in [2.75, 3.05) is 38.7 Å². The molecule has 0 bridgehead atoms. The summed E-state index contributed by atoms with van der Waals surface area (Å²) in [5.74, 6) is 0.476. The van der Waals surface area contributed by atoms with Crippen LogP contribution in [0, 0.1) is 6.92 Å². The highest BCUT2D eigenvalue weighted by molar-refractivity contribution is 7.89. The summed E-state index contributed by atoms with van der Waals surface area (Å²) in [4.78, 5) is 13.9. The van der Waals surface area contributed by atoms with Crippen molar-refractivity contribution >= 4 is 31.6 Å². The Labute approximate surface area is 189 Å². The van der Waals surface area contributed by atoms with Crippen LogP contribution in [-0.2, 0) is 24.8 Å². The van der Waals surface area contributed by atoms with Crippen LogP contribution < -0.4 is 14.4 Å². The van der Waals surface area contributed by atoms with Crippen molar-refractivity contribution in [3.8, 4) is 5.75 Å². The number of hydrogen-bond donors (Lipinski definition) is 1. The number of nitrogens with one attached hydrogen (secondary N) is 1. The molecule has 1 aliphatic rings. The highest BCUT2D eigenvalue weighted by Gasteiger charge is 2.24. The van der Waals surface area contributed by atoms with Crippen LogP contribution in [0.2, 0.25) is 0 Å². The minimum absolute atomic E-state index is 0.0332. The third-order valence-corrected chi connectivity index (χ3v) is 8.40. The molecule has 3 rings (SSSR count). The van der Waals surface area contributed by atoms with E-state index >= 15 is 0 Å². The van der Waals surface area contributed by atoms with Crippen molar-refractivity contribution in [1.29, 1.82) is 0 Å². The SMILES string of the molecule is Cc1cc(S(=O)(=O)NCCOc2ccc(S(=O)(=O)N(C)C)cc2)ccc1N1CCCC1=O. The van der Waals surface area contributed by atoms with Crippen LogP contribution in [0.15, 0.2) is 52.3 Å². The Balaban J connectivity index is 1.56. The molecule has 0 radical (unpaired) electrons. The number of benzene rings is 2. The van der Waals surface area contributed by atoms with E-state index in [1.165, 1.54) is 44.4 Å². The fourth-order valence-corrected chi connectivity index (χ4v) is 5.35. The van der Waals surface area contributed by atoms with Crippen LogP contribution in [0.5, 0.6) is 5.75 Å². The first kappa shape index (κ1) is 24.2. The van der Waals surface area contributed by atoms with Gasteiger partial charge in [-0.3, -0.25) is 4.79 Å². The molecule has 0 atom stereocenters. The Morgan fingerprint density at radius 3 is 2.25 bits per heavy atom. The molecule has 1 aliphatic heterocycles. The quantitative estimate of drug-likeness (QED) is 0.546. The zero-order valence-corrected chi connectivity index (χ0v) is 19.9. The molecule has 2 aromatic rings. The Morgan fingerprint density at radius 1 is 1.03 bits per heavy atom. The molecule has 1 fully saturated rings. The Morgan fingerprint density at radius 2 is 1.69 bits per heavy atom. The number of sulfonamides is 2. The molecular weight excluding hydrogens is 454 g/mol. The van der Waals surface area contributed by atoms with E-state index < -0.39 is 20.0 Å². The van der Waals surface area contributed by atoms with Crippen molar-refractivity contribution in [2.45, 2.75) is 29.6 Å². The van der Waals surface area contributed by atoms with Gasteiger partial charge in [-0.15, -0.1) is 0 Å². The maximum atomic E-state index is 12.6. The standard InChI is InChI=1S/C21H27N3O6S2/c1-16-15-19(10-11-20(16)24-13-4-5-21(24)25)31(26,27)22-12-14-30-17-6-8-18(9-7-17)32(28,29)23(2)3/h6-11,15,22H,4-5,12-14H2,1-3H3. The first-order valence-corrected chi connectivity index (χ1v) is 13.0. The average Bonchev–Trinajstić information content (AvgIpc) is 3.17. The lowest BCUT2D eigenvalue weighted by Gasteiger charge is -2.19. The number of carbonyl (C=O) groups is 1. The summed E-state index contributed by atoms with van der Waals surface area (Å²) in [7, 11) is -4.36. The van der Waals surface area contributed by atoms with E-state index in [0.717, 1.165) is 16.4 Å². The Bertz CT molecular complexity index is 1190. The predicted octanol–water partition coefficient (Wildman–Crippen LogP) is 1.73. The van der Waals surface area contributed by atoms with Crippen LogP contribution in [0.3, 0.4) is 0 Å². The van der Waals surface area contributed by atoms with Crippen molar-refractivity contribution in [3.05, 3.63) is 48.0 Å². The smallest absolute Gasteiger partial charge is 0.242 e. The molecule has 32 heavy (non-hydrogen) atoms. The normalized spacial score (nSPS) is 14.9. The van der Waals surface area contributed by atoms with Crippen LogP contribution in [0.4, 0.5) is 5.69 Å². The van der Waals surface area contributed by atoms with Gasteiger partial charge in [0, 0.05) is 39.3 Å². The van der Waals surface area contributed by atoms with E-state index in [1.807, 2.05) is 0 Å². The van der Waals surface area contributed by atoms with E-state index in [2.05, 4.69) is 4.72 Å². The van der Waals surface area contributed by atoms with Crippen molar-refractivity contribution < 1.29 is 26.4 Å². The van der Waals surface area contributed by atoms with Gasteiger partial charge in [0.25, 0.3) is 0 Å². The van der Waals surface area contributed by atoms with Crippen molar-refractivity contribution in [2.24, 2.45) is 0 Å². The molecule has 2 aromatic carbocycles. The van der Waals surface area contributed by atoms with E-state index in [4.69, 9.17) is 4.74 Å². The largest absolute Gasteiger partial charge is 0.492 e. The minimum Gasteiger partial charge on any atom is -0.492 e. The molecule has 1 heterocycles. The molecular formula is C21H27N3O6S2. The van der Waals surface area contributed by atoms with Gasteiger partial charge < -0.3 is 9.64 Å². The molecule has 0 aromatic heterocycles. The number of carbonyl (C=O) groups excluding carboxylic acids is 1. The van der Waals surface area contributed by atoms with Gasteiger partial charge in [-0.2, -0.15) is 0 Å². The number of rotatable bonds is 9. The second kappa shape index (κ2) is 9.57. The Hall–Kier alpha value is -2.47. The molecule has 174 valence electrons. The fourth-order valence-electron chi connectivity index (χ4n) is 3.35. The van der Waals surface area contributed by atoms with Gasteiger partial charge in [-0.05, 0) is 61.4 Å². The molecule has 9 nitrogen and oxygen atoms in total. The lowest BCUT2D eigenvalue weighted by molar-refractivity contribution is -0.117. The molecule has 11 heteroatoms. The summed E-state index contributed by atoms with van der Waals surface area (Å²) in [6.07, 6.45) is 1.31. The first-order valence-electron chi connectivity index (χ1n) is 10.1. The summed E-state index contributed by atoms with van der Waals surface area (Å²) in [6.45, 7) is 2.52. The maximum Gasteiger partial charge on any atom is 0.242 e. The minimum atomic E-state index is -3.74. The van der Waals surface area contributed by atoms with E-state index in [9.17, 15) is 21.6 Å². The number of amides is 1. The number of ether oxygens (including phenoxy) is 1. The van der Waals surface area contributed by atoms with Gasteiger partial charge in [-0.1, -0.05) is 0 Å². The summed E-state index contributed by atoms with van der Waals surface area (Å²) < 4.78 is 58.4. The van der Waals surface area contributed by atoms with Gasteiger partial charge in [-0.25, -0.2) is 25.9 Å². The zero-order valence-electron chi connectivity index (χ0n) is 18.2. The van der Waals surface area contributed by atoms with E-state index in [-0.39, 0.29) is 28.8 Å². The molecule has 0 spiro atoms. The Kier molecular flexibility index (Phi) is 7.23. The van der Waals surface area contributed by atoms with Gasteiger partial charge in [0.15, 0.2) is 0 Å². The summed E-state index contributed by atoms with van der Waals surface area (Å²) >= 11 is 0.